The van der Waals surface area contributed by atoms with Crippen molar-refractivity contribution >= 4 is 10.0 Å². The smallest absolute Gasteiger partial charge is 0.212 e. The molecule has 0 radical (unpaired) electrons. The highest BCUT2D eigenvalue weighted by Gasteiger charge is 2.26. The first-order valence-corrected chi connectivity index (χ1v) is 7.57. The molecule has 1 aromatic rings. The molecule has 0 bridgehead atoms. The monoisotopic (exact) mass is 272 g/mol. The lowest BCUT2D eigenvalue weighted by Gasteiger charge is -2.26. The minimum absolute atomic E-state index is 0.00655. The Bertz CT molecular complexity index is 455. The Balaban J connectivity index is 2.61. The molecular formula is C12H20N2O3S. The van der Waals surface area contributed by atoms with Crippen LogP contribution < -0.4 is 4.72 Å². The molecule has 0 aromatic carbocycles. The van der Waals surface area contributed by atoms with E-state index >= 15 is 0 Å². The molecule has 2 N–H and O–H groups in total. The summed E-state index contributed by atoms with van der Waals surface area (Å²) in [6.07, 6.45) is 4.25. The van der Waals surface area contributed by atoms with Crippen molar-refractivity contribution in [1.82, 2.24) is 9.71 Å². The van der Waals surface area contributed by atoms with Gasteiger partial charge in [0.2, 0.25) is 10.0 Å². The van der Waals surface area contributed by atoms with Crippen molar-refractivity contribution in [2.45, 2.75) is 32.2 Å². The molecule has 0 fully saturated rings. The van der Waals surface area contributed by atoms with Crippen molar-refractivity contribution < 1.29 is 13.5 Å². The van der Waals surface area contributed by atoms with E-state index in [-0.39, 0.29) is 12.4 Å². The molecule has 18 heavy (non-hydrogen) atoms. The lowest BCUT2D eigenvalue weighted by atomic mass is 10.0. The zero-order valence-electron chi connectivity index (χ0n) is 10.8. The quantitative estimate of drug-likeness (QED) is 0.766. The third-order valence-electron chi connectivity index (χ3n) is 2.94. The van der Waals surface area contributed by atoms with Crippen LogP contribution in [0.25, 0.3) is 0 Å². The molecule has 0 saturated carbocycles. The summed E-state index contributed by atoms with van der Waals surface area (Å²) >= 11 is 0. The Morgan fingerprint density at radius 3 is 2.50 bits per heavy atom. The van der Waals surface area contributed by atoms with Gasteiger partial charge in [-0.25, -0.2) is 13.1 Å². The second-order valence-corrected chi connectivity index (χ2v) is 6.44. The van der Waals surface area contributed by atoms with Gasteiger partial charge in [0.25, 0.3) is 0 Å². The van der Waals surface area contributed by atoms with E-state index in [9.17, 15) is 13.5 Å². The summed E-state index contributed by atoms with van der Waals surface area (Å²) in [6, 6.07) is 3.58. The summed E-state index contributed by atoms with van der Waals surface area (Å²) in [7, 11) is -3.39. The van der Waals surface area contributed by atoms with Gasteiger partial charge in [-0.1, -0.05) is 6.92 Å². The van der Waals surface area contributed by atoms with Crippen LogP contribution >= 0.6 is 0 Å². The number of nitrogens with one attached hydrogen (secondary N) is 1. The maximum atomic E-state index is 11.9. The van der Waals surface area contributed by atoms with Crippen LogP contribution in [0.15, 0.2) is 24.5 Å². The minimum Gasteiger partial charge on any atom is -0.394 e. The number of aryl methyl sites for hydroxylation is 1. The Morgan fingerprint density at radius 2 is 2.00 bits per heavy atom. The van der Waals surface area contributed by atoms with Gasteiger partial charge < -0.3 is 5.11 Å². The first-order valence-electron chi connectivity index (χ1n) is 5.92. The van der Waals surface area contributed by atoms with E-state index in [0.29, 0.717) is 12.8 Å². The van der Waals surface area contributed by atoms with Crippen LogP contribution in [-0.2, 0) is 16.4 Å². The van der Waals surface area contributed by atoms with E-state index in [2.05, 4.69) is 9.71 Å². The maximum Gasteiger partial charge on any atom is 0.212 e. The number of aromatic nitrogens is 1. The lowest BCUT2D eigenvalue weighted by Crippen LogP contribution is -2.49. The molecule has 0 saturated heterocycles. The Morgan fingerprint density at radius 1 is 1.39 bits per heavy atom. The highest BCUT2D eigenvalue weighted by molar-refractivity contribution is 7.89. The normalized spacial score (nSPS) is 15.3. The molecule has 1 unspecified atom stereocenters. The van der Waals surface area contributed by atoms with Crippen LogP contribution in [0, 0.1) is 0 Å². The third-order valence-corrected chi connectivity index (χ3v) is 4.49. The van der Waals surface area contributed by atoms with Crippen molar-refractivity contribution in [3.63, 3.8) is 0 Å². The molecule has 0 aliphatic carbocycles. The van der Waals surface area contributed by atoms with Crippen molar-refractivity contribution in [2.24, 2.45) is 0 Å². The fraction of sp³-hybridized carbons (Fsp3) is 0.583. The molecule has 0 spiro atoms. The van der Waals surface area contributed by atoms with Crippen molar-refractivity contribution in [2.75, 3.05) is 12.4 Å². The first-order chi connectivity index (χ1) is 8.41. The number of hydrogen-bond acceptors (Lipinski definition) is 4. The van der Waals surface area contributed by atoms with Crippen molar-refractivity contribution in [3.05, 3.63) is 30.1 Å². The number of pyridine rings is 1. The molecule has 0 amide bonds. The first kappa shape index (κ1) is 15.1. The number of sulfonamides is 1. The standard InChI is InChI=1S/C12H20N2O3S/c1-3-12(2,10-15)14-18(16,17)9-6-11-4-7-13-8-5-11/h4-5,7-8,14-15H,3,6,9-10H2,1-2H3. The van der Waals surface area contributed by atoms with Crippen molar-refractivity contribution in [1.29, 1.82) is 0 Å². The Labute approximate surface area is 108 Å². The van der Waals surface area contributed by atoms with Gasteiger partial charge in [0, 0.05) is 12.4 Å². The van der Waals surface area contributed by atoms with Crippen LogP contribution in [0.5, 0.6) is 0 Å². The Hall–Kier alpha value is -0.980. The van der Waals surface area contributed by atoms with E-state index in [1.807, 2.05) is 6.92 Å². The van der Waals surface area contributed by atoms with Crippen LogP contribution in [0.2, 0.25) is 0 Å². The number of aliphatic hydroxyl groups excluding tert-OH is 1. The van der Waals surface area contributed by atoms with Gasteiger partial charge in [0.05, 0.1) is 17.9 Å². The Kier molecular flexibility index (Phi) is 5.25. The summed E-state index contributed by atoms with van der Waals surface area (Å²) in [5.41, 5.74) is 0.148. The van der Waals surface area contributed by atoms with Crippen LogP contribution in [-0.4, -0.2) is 36.4 Å². The van der Waals surface area contributed by atoms with Gasteiger partial charge in [0.15, 0.2) is 0 Å². The van der Waals surface area contributed by atoms with E-state index in [1.54, 1.807) is 31.5 Å². The molecule has 1 rings (SSSR count). The molecule has 1 atom stereocenters. The number of rotatable bonds is 7. The molecule has 1 aromatic heterocycles. The minimum atomic E-state index is -3.39. The average molecular weight is 272 g/mol. The fourth-order valence-electron chi connectivity index (χ4n) is 1.44. The molecular weight excluding hydrogens is 252 g/mol. The summed E-state index contributed by atoms with van der Waals surface area (Å²) in [6.45, 7) is 3.32. The lowest BCUT2D eigenvalue weighted by molar-refractivity contribution is 0.191. The second kappa shape index (κ2) is 6.26. The number of aliphatic hydroxyl groups is 1. The van der Waals surface area contributed by atoms with Gasteiger partial charge in [-0.15, -0.1) is 0 Å². The van der Waals surface area contributed by atoms with E-state index < -0.39 is 15.6 Å². The summed E-state index contributed by atoms with van der Waals surface area (Å²) in [5, 5.41) is 9.20. The average Bonchev–Trinajstić information content (AvgIpc) is 2.37. The van der Waals surface area contributed by atoms with Gasteiger partial charge in [-0.3, -0.25) is 4.98 Å². The maximum absolute atomic E-state index is 11.9. The molecule has 1 heterocycles. The fourth-order valence-corrected chi connectivity index (χ4v) is 3.01. The second-order valence-electron chi connectivity index (χ2n) is 4.60. The highest BCUT2D eigenvalue weighted by Crippen LogP contribution is 2.10. The van der Waals surface area contributed by atoms with Crippen LogP contribution in [0.4, 0.5) is 0 Å². The summed E-state index contributed by atoms with van der Waals surface area (Å²) in [5.74, 6) is 0.00655. The van der Waals surface area contributed by atoms with Gasteiger partial charge in [-0.2, -0.15) is 0 Å². The number of hydrogen-bond donors (Lipinski definition) is 2. The molecule has 0 aliphatic heterocycles. The molecule has 0 aliphatic rings. The largest absolute Gasteiger partial charge is 0.394 e. The molecule has 5 nitrogen and oxygen atoms in total. The topological polar surface area (TPSA) is 79.3 Å². The van der Waals surface area contributed by atoms with Gasteiger partial charge in [-0.05, 0) is 37.5 Å². The van der Waals surface area contributed by atoms with E-state index in [4.69, 9.17) is 0 Å². The predicted octanol–water partition coefficient (Wildman–Crippen LogP) is 0.704. The summed E-state index contributed by atoms with van der Waals surface area (Å²) < 4.78 is 26.3. The van der Waals surface area contributed by atoms with Gasteiger partial charge in [0.1, 0.15) is 0 Å². The van der Waals surface area contributed by atoms with E-state index in [0.717, 1.165) is 5.56 Å². The van der Waals surface area contributed by atoms with Crippen LogP contribution in [0.1, 0.15) is 25.8 Å². The SMILES string of the molecule is CCC(C)(CO)NS(=O)(=O)CCc1ccncc1. The van der Waals surface area contributed by atoms with Gasteiger partial charge >= 0.3 is 0 Å². The highest BCUT2D eigenvalue weighted by atomic mass is 32.2. The zero-order chi connectivity index (χ0) is 13.6. The van der Waals surface area contributed by atoms with E-state index in [1.165, 1.54) is 0 Å². The van der Waals surface area contributed by atoms with Crippen LogP contribution in [0.3, 0.4) is 0 Å². The molecule has 102 valence electrons. The van der Waals surface area contributed by atoms with Crippen molar-refractivity contribution in [3.8, 4) is 0 Å². The summed E-state index contributed by atoms with van der Waals surface area (Å²) in [4.78, 5) is 3.88. The number of nitrogens with zero attached hydrogens (tertiary/aromatic N) is 1. The molecule has 6 heteroatoms. The third kappa shape index (κ3) is 4.72. The zero-order valence-corrected chi connectivity index (χ0v) is 11.6. The predicted molar refractivity (Wildman–Crippen MR) is 70.6 cm³/mol.